The highest BCUT2D eigenvalue weighted by atomic mass is 35.5. The number of morpholine rings is 1. The molecule has 0 aromatic heterocycles. The highest BCUT2D eigenvalue weighted by molar-refractivity contribution is 7.89. The molecule has 1 amide bonds. The first-order valence-corrected chi connectivity index (χ1v) is 14.7. The number of hydrogen-bond acceptors (Lipinski definition) is 5. The molecule has 33 heavy (non-hydrogen) atoms. The topological polar surface area (TPSA) is 99.5 Å². The van der Waals surface area contributed by atoms with E-state index in [0.717, 1.165) is 38.5 Å². The Labute approximate surface area is 207 Å². The van der Waals surface area contributed by atoms with Gasteiger partial charge in [0.15, 0.2) is 0 Å². The van der Waals surface area contributed by atoms with Crippen LogP contribution in [0.1, 0.15) is 71.1 Å². The molecule has 8 atom stereocenters. The summed E-state index contributed by atoms with van der Waals surface area (Å²) in [5, 5.41) is 11.4. The standard InChI is InChI=1S/C23H35Cl2N3O4S/c1-14-13-28(33(30,31)17-5-2-4-15(10-17)12-26)20-11-16(8-9-21(20)32-14)27-23(29)22-18(24)6-3-7-19(22)25/h14-22H,2-11,13H2,1H3,(H,27,29)/t14-,15?,16?,17?,18?,19?,20?,21?,22?/m0/s1. The quantitative estimate of drug-likeness (QED) is 0.572. The zero-order chi connectivity index (χ0) is 23.8. The number of fused-ring (bicyclic) bond motifs is 1. The fourth-order valence-corrected chi connectivity index (χ4v) is 9.48. The van der Waals surface area contributed by atoms with Crippen LogP contribution < -0.4 is 5.32 Å². The Bertz CT molecular complexity index is 856. The zero-order valence-corrected chi connectivity index (χ0v) is 21.5. The summed E-state index contributed by atoms with van der Waals surface area (Å²) in [6.45, 7) is 2.23. The molecule has 0 aromatic carbocycles. The monoisotopic (exact) mass is 519 g/mol. The molecule has 0 aromatic rings. The Balaban J connectivity index is 1.47. The molecule has 3 aliphatic carbocycles. The van der Waals surface area contributed by atoms with Gasteiger partial charge >= 0.3 is 0 Å². The van der Waals surface area contributed by atoms with Gasteiger partial charge in [0, 0.05) is 29.3 Å². The Morgan fingerprint density at radius 2 is 1.76 bits per heavy atom. The van der Waals surface area contributed by atoms with E-state index in [0.29, 0.717) is 32.2 Å². The van der Waals surface area contributed by atoms with Gasteiger partial charge in [0.2, 0.25) is 15.9 Å². The highest BCUT2D eigenvalue weighted by Gasteiger charge is 2.48. The number of carbonyl (C=O) groups excluding carboxylic acids is 1. The third-order valence-electron chi connectivity index (χ3n) is 7.91. The van der Waals surface area contributed by atoms with Crippen LogP contribution >= 0.6 is 23.2 Å². The van der Waals surface area contributed by atoms with E-state index in [1.54, 1.807) is 4.31 Å². The maximum atomic E-state index is 13.7. The number of hydrogen-bond donors (Lipinski definition) is 1. The smallest absolute Gasteiger partial charge is 0.226 e. The summed E-state index contributed by atoms with van der Waals surface area (Å²) in [5.74, 6) is -0.747. The van der Waals surface area contributed by atoms with Crippen molar-refractivity contribution in [3.05, 3.63) is 0 Å². The number of alkyl halides is 2. The molecule has 3 saturated carbocycles. The number of carbonyl (C=O) groups is 1. The zero-order valence-electron chi connectivity index (χ0n) is 19.2. The molecule has 10 heteroatoms. The highest BCUT2D eigenvalue weighted by Crippen LogP contribution is 2.38. The van der Waals surface area contributed by atoms with E-state index in [1.165, 1.54) is 0 Å². The molecule has 4 fully saturated rings. The number of nitriles is 1. The maximum Gasteiger partial charge on any atom is 0.226 e. The summed E-state index contributed by atoms with van der Waals surface area (Å²) < 4.78 is 35.2. The Hall–Kier alpha value is -0.590. The van der Waals surface area contributed by atoms with Gasteiger partial charge in [-0.15, -0.1) is 23.2 Å². The van der Waals surface area contributed by atoms with E-state index in [1.807, 2.05) is 6.92 Å². The van der Waals surface area contributed by atoms with Crippen LogP contribution in [0.15, 0.2) is 0 Å². The summed E-state index contributed by atoms with van der Waals surface area (Å²) in [4.78, 5) is 13.0. The van der Waals surface area contributed by atoms with Crippen LogP contribution in [0.5, 0.6) is 0 Å². The minimum atomic E-state index is -3.57. The van der Waals surface area contributed by atoms with Crippen LogP contribution in [0.3, 0.4) is 0 Å². The number of amides is 1. The van der Waals surface area contributed by atoms with E-state index in [9.17, 15) is 18.5 Å². The Morgan fingerprint density at radius 1 is 1.06 bits per heavy atom. The molecule has 0 spiro atoms. The number of ether oxygens (including phenoxy) is 1. The molecule has 0 radical (unpaired) electrons. The first-order chi connectivity index (χ1) is 15.7. The van der Waals surface area contributed by atoms with Gasteiger partial charge in [0.25, 0.3) is 0 Å². The third kappa shape index (κ3) is 5.48. The van der Waals surface area contributed by atoms with E-state index < -0.39 is 21.2 Å². The van der Waals surface area contributed by atoms with Gasteiger partial charge < -0.3 is 10.1 Å². The number of nitrogens with one attached hydrogen (secondary N) is 1. The van der Waals surface area contributed by atoms with Gasteiger partial charge in [-0.1, -0.05) is 12.8 Å². The van der Waals surface area contributed by atoms with E-state index in [2.05, 4.69) is 11.4 Å². The molecular formula is C23H35Cl2N3O4S. The summed E-state index contributed by atoms with van der Waals surface area (Å²) in [5.41, 5.74) is 0. The van der Waals surface area contributed by atoms with E-state index in [4.69, 9.17) is 27.9 Å². The van der Waals surface area contributed by atoms with Crippen molar-refractivity contribution >= 4 is 39.1 Å². The van der Waals surface area contributed by atoms with Gasteiger partial charge in [-0.05, 0) is 58.3 Å². The molecular weight excluding hydrogens is 485 g/mol. The first-order valence-electron chi connectivity index (χ1n) is 12.3. The Morgan fingerprint density at radius 3 is 2.45 bits per heavy atom. The van der Waals surface area contributed by atoms with Crippen LogP contribution in [0.2, 0.25) is 0 Å². The van der Waals surface area contributed by atoms with Crippen molar-refractivity contribution in [2.45, 2.75) is 111 Å². The lowest BCUT2D eigenvalue weighted by Crippen LogP contribution is -2.62. The molecule has 1 saturated heterocycles. The van der Waals surface area contributed by atoms with Crippen molar-refractivity contribution < 1.29 is 17.9 Å². The molecule has 4 aliphatic rings. The number of rotatable bonds is 4. The van der Waals surface area contributed by atoms with Crippen molar-refractivity contribution in [2.24, 2.45) is 11.8 Å². The Kier molecular flexibility index (Phi) is 8.17. The summed E-state index contributed by atoms with van der Waals surface area (Å²) in [6.07, 6.45) is 6.60. The van der Waals surface area contributed by atoms with Crippen LogP contribution in [-0.2, 0) is 19.6 Å². The van der Waals surface area contributed by atoms with E-state index >= 15 is 0 Å². The predicted octanol–water partition coefficient (Wildman–Crippen LogP) is 3.54. The lowest BCUT2D eigenvalue weighted by Gasteiger charge is -2.48. The van der Waals surface area contributed by atoms with Crippen molar-refractivity contribution in [3.8, 4) is 6.07 Å². The van der Waals surface area contributed by atoms with Crippen molar-refractivity contribution in [1.82, 2.24) is 9.62 Å². The van der Waals surface area contributed by atoms with Gasteiger partial charge in [-0.3, -0.25) is 4.79 Å². The molecule has 186 valence electrons. The normalized spacial score (nSPS) is 42.7. The molecule has 7 nitrogen and oxygen atoms in total. The van der Waals surface area contributed by atoms with Crippen LogP contribution in [0, 0.1) is 23.2 Å². The van der Waals surface area contributed by atoms with Crippen molar-refractivity contribution in [3.63, 3.8) is 0 Å². The molecule has 1 N–H and O–H groups in total. The minimum absolute atomic E-state index is 0.123. The van der Waals surface area contributed by atoms with E-state index in [-0.39, 0.29) is 46.9 Å². The van der Waals surface area contributed by atoms with Gasteiger partial charge in [-0.2, -0.15) is 9.57 Å². The second-order valence-corrected chi connectivity index (χ2v) is 13.6. The molecule has 1 aliphatic heterocycles. The third-order valence-corrected chi connectivity index (χ3v) is 11.2. The molecule has 4 rings (SSSR count). The van der Waals surface area contributed by atoms with Gasteiger partial charge in [0.1, 0.15) is 0 Å². The predicted molar refractivity (Wildman–Crippen MR) is 128 cm³/mol. The summed E-state index contributed by atoms with van der Waals surface area (Å²) in [7, 11) is -3.57. The second-order valence-electron chi connectivity index (χ2n) is 10.3. The minimum Gasteiger partial charge on any atom is -0.372 e. The molecule has 0 bridgehead atoms. The van der Waals surface area contributed by atoms with Crippen LogP contribution in [0.25, 0.3) is 0 Å². The second kappa shape index (κ2) is 10.6. The summed E-state index contributed by atoms with van der Waals surface area (Å²) >= 11 is 12.9. The summed E-state index contributed by atoms with van der Waals surface area (Å²) in [6, 6.07) is 1.82. The average molecular weight is 521 g/mol. The number of nitrogens with zero attached hydrogens (tertiary/aromatic N) is 2. The number of sulfonamides is 1. The lowest BCUT2D eigenvalue weighted by atomic mass is 9.84. The number of halogens is 2. The SMILES string of the molecule is C[C@H]1CN(S(=O)(=O)C2CCCC(C#N)C2)C2CC(NC(=O)C3C(Cl)CCCC3Cl)CCC2O1. The fraction of sp³-hybridized carbons (Fsp3) is 0.913. The van der Waals surface area contributed by atoms with Crippen LogP contribution in [-0.4, -0.2) is 65.5 Å². The largest absolute Gasteiger partial charge is 0.372 e. The first kappa shape index (κ1) is 25.5. The van der Waals surface area contributed by atoms with Crippen LogP contribution in [0.4, 0.5) is 0 Å². The molecule has 7 unspecified atom stereocenters. The van der Waals surface area contributed by atoms with Crippen molar-refractivity contribution in [2.75, 3.05) is 6.54 Å². The average Bonchev–Trinajstić information content (AvgIpc) is 2.78. The maximum absolute atomic E-state index is 13.7. The molecule has 1 heterocycles. The lowest BCUT2D eigenvalue weighted by molar-refractivity contribution is -0.129. The van der Waals surface area contributed by atoms with Crippen molar-refractivity contribution in [1.29, 1.82) is 5.26 Å². The van der Waals surface area contributed by atoms with Gasteiger partial charge in [0.05, 0.1) is 35.5 Å². The van der Waals surface area contributed by atoms with Gasteiger partial charge in [-0.25, -0.2) is 8.42 Å². The fourth-order valence-electron chi connectivity index (χ4n) is 6.18.